The zero-order valence-corrected chi connectivity index (χ0v) is 24.3. The van der Waals surface area contributed by atoms with E-state index < -0.39 is 47.7 Å². The van der Waals surface area contributed by atoms with E-state index in [1.165, 1.54) is 31.4 Å². The molecule has 2 aromatic carbocycles. The minimum Gasteiger partial charge on any atom is -0.486 e. The van der Waals surface area contributed by atoms with Gasteiger partial charge in [-0.1, -0.05) is 18.2 Å². The highest BCUT2D eigenvalue weighted by Gasteiger charge is 2.55. The number of rotatable bonds is 7. The molecule has 3 N–H and O–H groups in total. The third-order valence-electron chi connectivity index (χ3n) is 10.6. The summed E-state index contributed by atoms with van der Waals surface area (Å²) in [6.07, 6.45) is 1.57. The van der Waals surface area contributed by atoms with Crippen molar-refractivity contribution in [1.29, 1.82) is 0 Å². The van der Waals surface area contributed by atoms with Gasteiger partial charge in [0, 0.05) is 29.8 Å². The van der Waals surface area contributed by atoms with Crippen LogP contribution in [0.2, 0.25) is 0 Å². The molecule has 2 amide bonds. The molecule has 0 radical (unpaired) electrons. The average Bonchev–Trinajstić information content (AvgIpc) is 3.38. The number of para-hydroxylation sites is 1. The SMILES string of the molecule is O=C(NCCO)C1=CC(N(CC23CC4CC(CC(C4)C2)C3)C(=O)c2ccc(C(F)(F)F)cc2)C(O)C2Oc3ccccc3C12. The number of benzene rings is 2. The number of hydrogen-bond donors (Lipinski definition) is 3. The Bertz CT molecular complexity index is 1440. The minimum absolute atomic E-state index is 0.0325. The maximum Gasteiger partial charge on any atom is 0.416 e. The summed E-state index contributed by atoms with van der Waals surface area (Å²) in [5.41, 5.74) is 0.176. The van der Waals surface area contributed by atoms with Crippen LogP contribution in [0, 0.1) is 23.2 Å². The van der Waals surface area contributed by atoms with Gasteiger partial charge < -0.3 is 25.2 Å². The molecule has 6 aliphatic rings. The Kier molecular flexibility index (Phi) is 7.28. The van der Waals surface area contributed by atoms with E-state index in [4.69, 9.17) is 4.74 Å². The van der Waals surface area contributed by atoms with E-state index in [1.54, 1.807) is 17.0 Å². The number of aliphatic hydroxyl groups excluding tert-OH is 2. The Hall–Kier alpha value is -3.37. The van der Waals surface area contributed by atoms with Crippen LogP contribution in [0.5, 0.6) is 5.75 Å². The molecule has 2 aromatic rings. The lowest BCUT2D eigenvalue weighted by Gasteiger charge is -2.58. The number of halogens is 3. The summed E-state index contributed by atoms with van der Waals surface area (Å²) in [4.78, 5) is 29.5. The molecule has 4 fully saturated rings. The zero-order chi connectivity index (χ0) is 30.8. The molecule has 0 aromatic heterocycles. The lowest BCUT2D eigenvalue weighted by atomic mass is 9.49. The molecule has 4 saturated carbocycles. The van der Waals surface area contributed by atoms with Crippen LogP contribution < -0.4 is 10.1 Å². The highest BCUT2D eigenvalue weighted by molar-refractivity contribution is 5.97. The van der Waals surface area contributed by atoms with E-state index in [0.29, 0.717) is 35.6 Å². The molecule has 7 nitrogen and oxygen atoms in total. The zero-order valence-electron chi connectivity index (χ0n) is 24.3. The summed E-state index contributed by atoms with van der Waals surface area (Å²) in [6.45, 7) is 0.117. The standard InChI is InChI=1S/C34H37F3N2O5/c35-34(36,37)23-7-5-22(6-8-23)32(43)39(18-33-15-19-11-20(16-33)13-21(12-19)17-33)26-14-25(31(42)38-9-10-40)28-24-3-1-2-4-27(24)44-30(28)29(26)41/h1-8,14,19-21,26,28-30,40-41H,9-13,15-18H2,(H,38,42). The smallest absolute Gasteiger partial charge is 0.416 e. The molecule has 4 bridgehead atoms. The Morgan fingerprint density at radius 1 is 0.977 bits per heavy atom. The van der Waals surface area contributed by atoms with Crippen molar-refractivity contribution in [3.63, 3.8) is 0 Å². The van der Waals surface area contributed by atoms with Gasteiger partial charge in [0.25, 0.3) is 5.91 Å². The Balaban J connectivity index is 1.29. The van der Waals surface area contributed by atoms with E-state index in [9.17, 15) is 33.0 Å². The molecular weight excluding hydrogens is 573 g/mol. The van der Waals surface area contributed by atoms with Crippen LogP contribution in [0.1, 0.15) is 65.9 Å². The Morgan fingerprint density at radius 3 is 2.23 bits per heavy atom. The second-order valence-electron chi connectivity index (χ2n) is 13.6. The predicted molar refractivity (Wildman–Crippen MR) is 155 cm³/mol. The highest BCUT2D eigenvalue weighted by atomic mass is 19.4. The van der Waals surface area contributed by atoms with E-state index in [0.717, 1.165) is 37.0 Å². The van der Waals surface area contributed by atoms with Crippen molar-refractivity contribution < 1.29 is 37.7 Å². The van der Waals surface area contributed by atoms with Crippen LogP contribution in [0.15, 0.2) is 60.2 Å². The number of aliphatic hydroxyl groups is 2. The van der Waals surface area contributed by atoms with Crippen LogP contribution in [0.25, 0.3) is 0 Å². The van der Waals surface area contributed by atoms with E-state index >= 15 is 0 Å². The number of fused-ring (bicyclic) bond motifs is 3. The van der Waals surface area contributed by atoms with Gasteiger partial charge in [-0.05, 0) is 98.1 Å². The molecule has 8 rings (SSSR count). The second-order valence-corrected chi connectivity index (χ2v) is 13.6. The molecular formula is C34H37F3N2O5. The quantitative estimate of drug-likeness (QED) is 0.423. The van der Waals surface area contributed by atoms with Crippen molar-refractivity contribution in [2.24, 2.45) is 23.2 Å². The second kappa shape index (κ2) is 10.9. The van der Waals surface area contributed by atoms with E-state index in [-0.39, 0.29) is 24.1 Å². The fraction of sp³-hybridized carbons (Fsp3) is 0.529. The van der Waals surface area contributed by atoms with Crippen LogP contribution in [-0.2, 0) is 11.0 Å². The van der Waals surface area contributed by atoms with Gasteiger partial charge in [0.05, 0.1) is 24.1 Å². The first-order chi connectivity index (χ1) is 21.0. The molecule has 10 heteroatoms. The van der Waals surface area contributed by atoms with Gasteiger partial charge in [-0.2, -0.15) is 13.2 Å². The third-order valence-corrected chi connectivity index (χ3v) is 10.6. The minimum atomic E-state index is -4.54. The van der Waals surface area contributed by atoms with Gasteiger partial charge in [-0.25, -0.2) is 0 Å². The number of nitrogens with zero attached hydrogens (tertiary/aromatic N) is 1. The van der Waals surface area contributed by atoms with Crippen LogP contribution >= 0.6 is 0 Å². The largest absolute Gasteiger partial charge is 0.486 e. The molecule has 4 atom stereocenters. The van der Waals surface area contributed by atoms with Crippen LogP contribution in [0.3, 0.4) is 0 Å². The van der Waals surface area contributed by atoms with Crippen molar-refractivity contribution in [2.75, 3.05) is 19.7 Å². The fourth-order valence-electron chi connectivity index (χ4n) is 9.32. The maximum absolute atomic E-state index is 14.4. The molecule has 0 saturated heterocycles. The number of amides is 2. The van der Waals surface area contributed by atoms with Crippen molar-refractivity contribution >= 4 is 11.8 Å². The first-order valence-corrected chi connectivity index (χ1v) is 15.6. The number of ether oxygens (including phenoxy) is 1. The molecule has 0 spiro atoms. The fourth-order valence-corrected chi connectivity index (χ4v) is 9.32. The topological polar surface area (TPSA) is 99.1 Å². The van der Waals surface area contributed by atoms with Gasteiger partial charge in [0.2, 0.25) is 5.91 Å². The number of carbonyl (C=O) groups excluding carboxylic acids is 2. The maximum atomic E-state index is 14.4. The first-order valence-electron chi connectivity index (χ1n) is 15.6. The van der Waals surface area contributed by atoms with Crippen molar-refractivity contribution in [3.8, 4) is 5.75 Å². The third kappa shape index (κ3) is 5.09. The van der Waals surface area contributed by atoms with Gasteiger partial charge in [0.15, 0.2) is 0 Å². The molecule has 44 heavy (non-hydrogen) atoms. The van der Waals surface area contributed by atoms with E-state index in [2.05, 4.69) is 5.32 Å². The Labute approximate surface area is 254 Å². The van der Waals surface area contributed by atoms with Gasteiger partial charge in [0.1, 0.15) is 18.0 Å². The number of hydrogen-bond acceptors (Lipinski definition) is 5. The average molecular weight is 611 g/mol. The lowest BCUT2D eigenvalue weighted by molar-refractivity contribution is -0.137. The lowest BCUT2D eigenvalue weighted by Crippen LogP contribution is -2.59. The molecule has 5 aliphatic carbocycles. The summed E-state index contributed by atoms with van der Waals surface area (Å²) in [5.74, 6) is 0.819. The predicted octanol–water partition coefficient (Wildman–Crippen LogP) is 4.69. The number of carbonyl (C=O) groups is 2. The summed E-state index contributed by atoms with van der Waals surface area (Å²) in [5, 5.41) is 24.0. The van der Waals surface area contributed by atoms with Crippen molar-refractivity contribution in [2.45, 2.75) is 68.9 Å². The van der Waals surface area contributed by atoms with Gasteiger partial charge in [-0.15, -0.1) is 0 Å². The number of nitrogens with one attached hydrogen (secondary N) is 1. The molecule has 1 aliphatic heterocycles. The van der Waals surface area contributed by atoms with Crippen LogP contribution in [-0.4, -0.2) is 64.9 Å². The molecule has 234 valence electrons. The first kappa shape index (κ1) is 29.3. The number of alkyl halides is 3. The van der Waals surface area contributed by atoms with Gasteiger partial charge in [-0.3, -0.25) is 9.59 Å². The molecule has 1 heterocycles. The summed E-state index contributed by atoms with van der Waals surface area (Å²) < 4.78 is 46.3. The Morgan fingerprint density at radius 2 is 1.61 bits per heavy atom. The van der Waals surface area contributed by atoms with Crippen molar-refractivity contribution in [1.82, 2.24) is 10.2 Å². The van der Waals surface area contributed by atoms with Gasteiger partial charge >= 0.3 is 6.18 Å². The molecule has 4 unspecified atom stereocenters. The summed E-state index contributed by atoms with van der Waals surface area (Å²) >= 11 is 0. The highest BCUT2D eigenvalue weighted by Crippen LogP contribution is 2.60. The van der Waals surface area contributed by atoms with E-state index in [1.807, 2.05) is 18.2 Å². The summed E-state index contributed by atoms with van der Waals surface area (Å²) in [7, 11) is 0. The monoisotopic (exact) mass is 610 g/mol. The summed E-state index contributed by atoms with van der Waals surface area (Å²) in [6, 6.07) is 10.5. The van der Waals surface area contributed by atoms with Crippen LogP contribution in [0.4, 0.5) is 13.2 Å². The van der Waals surface area contributed by atoms with Crippen molar-refractivity contribution in [3.05, 3.63) is 76.9 Å². The normalized spacial score (nSPS) is 33.2.